The first-order valence-corrected chi connectivity index (χ1v) is 9.07. The quantitative estimate of drug-likeness (QED) is 0.852. The summed E-state index contributed by atoms with van der Waals surface area (Å²) >= 11 is 0. The molecule has 0 aromatic rings. The maximum absolute atomic E-state index is 3.64. The summed E-state index contributed by atoms with van der Waals surface area (Å²) in [6.45, 7) is 10.3. The molecule has 3 rings (SSSR count). The van der Waals surface area contributed by atoms with Crippen molar-refractivity contribution in [1.29, 1.82) is 0 Å². The van der Waals surface area contributed by atoms with Crippen LogP contribution in [0.15, 0.2) is 0 Å². The third kappa shape index (κ3) is 3.37. The molecule has 3 heterocycles. The Kier molecular flexibility index (Phi) is 5.36. The second kappa shape index (κ2) is 7.24. The Balaban J connectivity index is 1.60. The van der Waals surface area contributed by atoms with Gasteiger partial charge >= 0.3 is 0 Å². The van der Waals surface area contributed by atoms with Gasteiger partial charge < -0.3 is 10.2 Å². The SMILES string of the molecule is CCC1CCCCN1CC1CCNCC1N1CCCC1. The van der Waals surface area contributed by atoms with Gasteiger partial charge in [0.2, 0.25) is 0 Å². The van der Waals surface area contributed by atoms with E-state index in [0.29, 0.717) is 0 Å². The van der Waals surface area contributed by atoms with Gasteiger partial charge in [-0.25, -0.2) is 0 Å². The molecule has 20 heavy (non-hydrogen) atoms. The molecule has 0 aromatic heterocycles. The first-order chi connectivity index (χ1) is 9.88. The van der Waals surface area contributed by atoms with Gasteiger partial charge in [-0.15, -0.1) is 0 Å². The number of nitrogens with one attached hydrogen (secondary N) is 1. The molecule has 0 aromatic carbocycles. The van der Waals surface area contributed by atoms with Crippen LogP contribution < -0.4 is 5.32 Å². The first kappa shape index (κ1) is 14.8. The smallest absolute Gasteiger partial charge is 0.0261 e. The summed E-state index contributed by atoms with van der Waals surface area (Å²) < 4.78 is 0. The van der Waals surface area contributed by atoms with Crippen LogP contribution in [-0.4, -0.2) is 61.2 Å². The lowest BCUT2D eigenvalue weighted by atomic mass is 9.89. The van der Waals surface area contributed by atoms with Gasteiger partial charge in [-0.1, -0.05) is 13.3 Å². The van der Waals surface area contributed by atoms with Crippen LogP contribution in [0.5, 0.6) is 0 Å². The number of nitrogens with zero attached hydrogens (tertiary/aromatic N) is 2. The Hall–Kier alpha value is -0.120. The summed E-state index contributed by atoms with van der Waals surface area (Å²) in [7, 11) is 0. The molecule has 3 aliphatic rings. The molecule has 3 fully saturated rings. The summed E-state index contributed by atoms with van der Waals surface area (Å²) in [5.41, 5.74) is 0. The normalized spacial score (nSPS) is 37.4. The number of rotatable bonds is 4. The maximum Gasteiger partial charge on any atom is 0.0261 e. The number of hydrogen-bond acceptors (Lipinski definition) is 3. The van der Waals surface area contributed by atoms with Crippen LogP contribution in [-0.2, 0) is 0 Å². The molecular formula is C17H33N3. The molecule has 0 radical (unpaired) electrons. The van der Waals surface area contributed by atoms with E-state index in [2.05, 4.69) is 22.0 Å². The minimum Gasteiger partial charge on any atom is -0.315 e. The number of likely N-dealkylation sites (tertiary alicyclic amines) is 2. The van der Waals surface area contributed by atoms with E-state index >= 15 is 0 Å². The van der Waals surface area contributed by atoms with Crippen LogP contribution in [0, 0.1) is 5.92 Å². The molecule has 3 unspecified atom stereocenters. The molecular weight excluding hydrogens is 246 g/mol. The Morgan fingerprint density at radius 2 is 1.80 bits per heavy atom. The van der Waals surface area contributed by atoms with E-state index in [1.54, 1.807) is 0 Å². The minimum atomic E-state index is 0.811. The van der Waals surface area contributed by atoms with E-state index in [4.69, 9.17) is 0 Å². The lowest BCUT2D eigenvalue weighted by Crippen LogP contribution is -2.54. The average molecular weight is 279 g/mol. The highest BCUT2D eigenvalue weighted by Gasteiger charge is 2.34. The number of piperidine rings is 2. The highest BCUT2D eigenvalue weighted by molar-refractivity contribution is 4.90. The molecule has 0 bridgehead atoms. The summed E-state index contributed by atoms with van der Waals surface area (Å²) in [5.74, 6) is 0.904. The van der Waals surface area contributed by atoms with Gasteiger partial charge in [0.1, 0.15) is 0 Å². The van der Waals surface area contributed by atoms with Crippen molar-refractivity contribution in [2.45, 2.75) is 64.0 Å². The Morgan fingerprint density at radius 3 is 2.60 bits per heavy atom. The van der Waals surface area contributed by atoms with E-state index in [1.165, 1.54) is 84.2 Å². The van der Waals surface area contributed by atoms with Crippen LogP contribution in [0.2, 0.25) is 0 Å². The van der Waals surface area contributed by atoms with E-state index in [9.17, 15) is 0 Å². The zero-order valence-corrected chi connectivity index (χ0v) is 13.3. The van der Waals surface area contributed by atoms with Gasteiger partial charge in [0.25, 0.3) is 0 Å². The summed E-state index contributed by atoms with van der Waals surface area (Å²) in [5, 5.41) is 3.64. The van der Waals surface area contributed by atoms with Crippen molar-refractivity contribution in [1.82, 2.24) is 15.1 Å². The molecule has 0 saturated carbocycles. The molecule has 3 nitrogen and oxygen atoms in total. The van der Waals surface area contributed by atoms with Crippen molar-refractivity contribution in [3.63, 3.8) is 0 Å². The van der Waals surface area contributed by atoms with Crippen molar-refractivity contribution in [2.24, 2.45) is 5.92 Å². The van der Waals surface area contributed by atoms with Crippen molar-refractivity contribution in [3.8, 4) is 0 Å². The Labute approximate surface area is 125 Å². The van der Waals surface area contributed by atoms with Gasteiger partial charge in [-0.05, 0) is 70.6 Å². The predicted octanol–water partition coefficient (Wildman–Crippen LogP) is 2.32. The van der Waals surface area contributed by atoms with Crippen molar-refractivity contribution in [2.75, 3.05) is 39.3 Å². The minimum absolute atomic E-state index is 0.811. The first-order valence-electron chi connectivity index (χ1n) is 9.07. The lowest BCUT2D eigenvalue weighted by molar-refractivity contribution is 0.0668. The van der Waals surface area contributed by atoms with Gasteiger partial charge in [-0.3, -0.25) is 4.90 Å². The molecule has 3 aliphatic heterocycles. The summed E-state index contributed by atoms with van der Waals surface area (Å²) in [6, 6.07) is 1.68. The topological polar surface area (TPSA) is 18.5 Å². The van der Waals surface area contributed by atoms with Gasteiger partial charge in [-0.2, -0.15) is 0 Å². The third-order valence-electron chi connectivity index (χ3n) is 5.89. The molecule has 0 spiro atoms. The molecule has 3 saturated heterocycles. The van der Waals surface area contributed by atoms with Crippen molar-refractivity contribution >= 4 is 0 Å². The van der Waals surface area contributed by atoms with Crippen LogP contribution in [0.25, 0.3) is 0 Å². The lowest BCUT2D eigenvalue weighted by Gasteiger charge is -2.43. The van der Waals surface area contributed by atoms with Crippen molar-refractivity contribution in [3.05, 3.63) is 0 Å². The standard InChI is InChI=1S/C17H33N3/c1-2-16-7-3-4-12-20(16)14-15-8-9-18-13-17(15)19-10-5-6-11-19/h15-18H,2-14H2,1H3. The van der Waals surface area contributed by atoms with E-state index < -0.39 is 0 Å². The zero-order valence-electron chi connectivity index (χ0n) is 13.3. The predicted molar refractivity (Wildman–Crippen MR) is 85.1 cm³/mol. The fourth-order valence-corrected chi connectivity index (χ4v) is 4.67. The highest BCUT2D eigenvalue weighted by Crippen LogP contribution is 2.27. The summed E-state index contributed by atoms with van der Waals surface area (Å²) in [4.78, 5) is 5.62. The van der Waals surface area contributed by atoms with Crippen LogP contribution in [0.4, 0.5) is 0 Å². The molecule has 3 heteroatoms. The van der Waals surface area contributed by atoms with Gasteiger partial charge in [0.15, 0.2) is 0 Å². The fraction of sp³-hybridized carbons (Fsp3) is 1.00. The summed E-state index contributed by atoms with van der Waals surface area (Å²) in [6.07, 6.45) is 9.89. The monoisotopic (exact) mass is 279 g/mol. The average Bonchev–Trinajstić information content (AvgIpc) is 3.02. The second-order valence-corrected chi connectivity index (χ2v) is 7.12. The van der Waals surface area contributed by atoms with Crippen molar-refractivity contribution < 1.29 is 0 Å². The highest BCUT2D eigenvalue weighted by atomic mass is 15.2. The Bertz CT molecular complexity index is 288. The maximum atomic E-state index is 3.64. The molecule has 3 atom stereocenters. The third-order valence-corrected chi connectivity index (χ3v) is 5.89. The van der Waals surface area contributed by atoms with Crippen LogP contribution in [0.3, 0.4) is 0 Å². The van der Waals surface area contributed by atoms with Crippen LogP contribution >= 0.6 is 0 Å². The molecule has 1 N–H and O–H groups in total. The van der Waals surface area contributed by atoms with E-state index in [1.807, 2.05) is 0 Å². The Morgan fingerprint density at radius 1 is 1.00 bits per heavy atom. The largest absolute Gasteiger partial charge is 0.315 e. The molecule has 0 amide bonds. The van der Waals surface area contributed by atoms with E-state index in [-0.39, 0.29) is 0 Å². The molecule has 116 valence electrons. The molecule has 0 aliphatic carbocycles. The number of hydrogen-bond donors (Lipinski definition) is 1. The van der Waals surface area contributed by atoms with Gasteiger partial charge in [0, 0.05) is 25.2 Å². The van der Waals surface area contributed by atoms with E-state index in [0.717, 1.165) is 18.0 Å². The zero-order chi connectivity index (χ0) is 13.8. The second-order valence-electron chi connectivity index (χ2n) is 7.12. The van der Waals surface area contributed by atoms with Crippen LogP contribution in [0.1, 0.15) is 51.9 Å². The van der Waals surface area contributed by atoms with Gasteiger partial charge in [0.05, 0.1) is 0 Å². The fourth-order valence-electron chi connectivity index (χ4n) is 4.67.